The molecule has 41 heavy (non-hydrogen) atoms. The molecule has 1 aliphatic carbocycles. The SMILES string of the molecule is CCCCCCCCCCc1ccc(C2(c3ccccc3)c3cc(O)ccc3-c3c2cc(O)c2ccccc32)cc1. The van der Waals surface area contributed by atoms with Crippen molar-refractivity contribution in [2.45, 2.75) is 70.1 Å². The summed E-state index contributed by atoms with van der Waals surface area (Å²) in [5.74, 6) is 0.528. The van der Waals surface area contributed by atoms with E-state index in [-0.39, 0.29) is 11.5 Å². The van der Waals surface area contributed by atoms with E-state index < -0.39 is 5.41 Å². The van der Waals surface area contributed by atoms with Gasteiger partial charge in [-0.3, -0.25) is 0 Å². The summed E-state index contributed by atoms with van der Waals surface area (Å²) in [7, 11) is 0. The minimum atomic E-state index is -0.663. The summed E-state index contributed by atoms with van der Waals surface area (Å²) >= 11 is 0. The van der Waals surface area contributed by atoms with Crippen molar-refractivity contribution in [2.75, 3.05) is 0 Å². The maximum absolute atomic E-state index is 11.3. The lowest BCUT2D eigenvalue weighted by Crippen LogP contribution is -2.28. The molecule has 0 saturated carbocycles. The van der Waals surface area contributed by atoms with Crippen LogP contribution in [0.3, 0.4) is 0 Å². The van der Waals surface area contributed by atoms with Crippen LogP contribution in [0.25, 0.3) is 21.9 Å². The van der Waals surface area contributed by atoms with Gasteiger partial charge in [0.25, 0.3) is 0 Å². The van der Waals surface area contributed by atoms with E-state index in [0.29, 0.717) is 0 Å². The third-order valence-corrected chi connectivity index (χ3v) is 9.02. The molecule has 0 saturated heterocycles. The Morgan fingerprint density at radius 3 is 1.93 bits per heavy atom. The average Bonchev–Trinajstić information content (AvgIpc) is 3.29. The molecule has 6 rings (SSSR count). The molecule has 0 heterocycles. The fourth-order valence-electron chi connectivity index (χ4n) is 7.01. The van der Waals surface area contributed by atoms with Gasteiger partial charge < -0.3 is 10.2 Å². The van der Waals surface area contributed by atoms with Crippen LogP contribution in [0.15, 0.2) is 103 Å². The second-order valence-electron chi connectivity index (χ2n) is 11.6. The van der Waals surface area contributed by atoms with E-state index >= 15 is 0 Å². The van der Waals surface area contributed by atoms with E-state index in [4.69, 9.17) is 0 Å². The van der Waals surface area contributed by atoms with Crippen LogP contribution in [0.2, 0.25) is 0 Å². The summed E-state index contributed by atoms with van der Waals surface area (Å²) in [5.41, 5.74) is 7.28. The molecule has 2 heteroatoms. The molecule has 1 atom stereocenters. The van der Waals surface area contributed by atoms with E-state index in [1.54, 1.807) is 6.07 Å². The molecule has 0 radical (unpaired) electrons. The topological polar surface area (TPSA) is 40.5 Å². The highest BCUT2D eigenvalue weighted by Crippen LogP contribution is 2.59. The van der Waals surface area contributed by atoms with Gasteiger partial charge in [-0.2, -0.15) is 0 Å². The van der Waals surface area contributed by atoms with Gasteiger partial charge in [-0.15, -0.1) is 0 Å². The summed E-state index contributed by atoms with van der Waals surface area (Å²) in [6.45, 7) is 2.27. The lowest BCUT2D eigenvalue weighted by molar-refractivity contribution is 0.474. The zero-order chi connectivity index (χ0) is 28.2. The fourth-order valence-corrected chi connectivity index (χ4v) is 7.01. The average molecular weight is 541 g/mol. The smallest absolute Gasteiger partial charge is 0.123 e. The van der Waals surface area contributed by atoms with Crippen molar-refractivity contribution in [3.8, 4) is 22.6 Å². The van der Waals surface area contributed by atoms with Gasteiger partial charge in [-0.05, 0) is 75.4 Å². The van der Waals surface area contributed by atoms with Crippen molar-refractivity contribution >= 4 is 10.8 Å². The highest BCUT2D eigenvalue weighted by molar-refractivity contribution is 6.06. The second kappa shape index (κ2) is 11.8. The maximum atomic E-state index is 11.3. The molecule has 5 aromatic rings. The predicted molar refractivity (Wildman–Crippen MR) is 171 cm³/mol. The predicted octanol–water partition coefficient (Wildman–Crippen LogP) is 10.3. The first-order chi connectivity index (χ1) is 20.1. The molecule has 2 nitrogen and oxygen atoms in total. The third-order valence-electron chi connectivity index (χ3n) is 9.02. The van der Waals surface area contributed by atoms with Crippen LogP contribution in [0.4, 0.5) is 0 Å². The largest absolute Gasteiger partial charge is 0.508 e. The normalized spacial score (nSPS) is 15.6. The molecule has 0 bridgehead atoms. The van der Waals surface area contributed by atoms with Gasteiger partial charge in [0.2, 0.25) is 0 Å². The van der Waals surface area contributed by atoms with Gasteiger partial charge in [0, 0.05) is 5.39 Å². The van der Waals surface area contributed by atoms with Crippen LogP contribution in [-0.2, 0) is 11.8 Å². The molecule has 0 aliphatic heterocycles. The molecule has 2 N–H and O–H groups in total. The van der Waals surface area contributed by atoms with Crippen molar-refractivity contribution in [3.05, 3.63) is 131 Å². The number of unbranched alkanes of at least 4 members (excludes halogenated alkanes) is 7. The Balaban J connectivity index is 1.42. The Labute approximate surface area is 244 Å². The molecular weight excluding hydrogens is 500 g/mol. The van der Waals surface area contributed by atoms with Crippen LogP contribution in [0.5, 0.6) is 11.5 Å². The minimum absolute atomic E-state index is 0.247. The maximum Gasteiger partial charge on any atom is 0.123 e. The lowest BCUT2D eigenvalue weighted by Gasteiger charge is -2.34. The zero-order valence-corrected chi connectivity index (χ0v) is 24.1. The summed E-state index contributed by atoms with van der Waals surface area (Å²) in [6, 6.07) is 35.4. The first-order valence-corrected chi connectivity index (χ1v) is 15.4. The monoisotopic (exact) mass is 540 g/mol. The standard InChI is InChI=1S/C39H40O2/c1-2-3-4-5-6-7-8-10-15-28-20-22-30(23-21-28)39(29-16-11-9-12-17-29)35-26-31(40)24-25-34(35)38-33-19-14-13-18-32(33)37(41)27-36(38)39/h9,11-14,16-27,40-41H,2-8,10,15H2,1H3. The summed E-state index contributed by atoms with van der Waals surface area (Å²) < 4.78 is 0. The zero-order valence-electron chi connectivity index (χ0n) is 24.1. The van der Waals surface area contributed by atoms with E-state index in [2.05, 4.69) is 61.5 Å². The van der Waals surface area contributed by atoms with Crippen molar-refractivity contribution in [1.82, 2.24) is 0 Å². The number of rotatable bonds is 11. The van der Waals surface area contributed by atoms with Crippen LogP contribution >= 0.6 is 0 Å². The number of hydrogen-bond donors (Lipinski definition) is 2. The Kier molecular flexibility index (Phi) is 7.83. The Hall–Kier alpha value is -4.04. The van der Waals surface area contributed by atoms with Gasteiger partial charge in [0.05, 0.1) is 5.41 Å². The number of hydrogen-bond acceptors (Lipinski definition) is 2. The van der Waals surface area contributed by atoms with E-state index in [0.717, 1.165) is 50.6 Å². The molecule has 1 aliphatic rings. The number of aryl methyl sites for hydroxylation is 1. The van der Waals surface area contributed by atoms with Gasteiger partial charge in [0.15, 0.2) is 0 Å². The van der Waals surface area contributed by atoms with E-state index in [1.807, 2.05) is 42.5 Å². The first-order valence-electron chi connectivity index (χ1n) is 15.4. The van der Waals surface area contributed by atoms with Crippen molar-refractivity contribution in [2.24, 2.45) is 0 Å². The lowest BCUT2D eigenvalue weighted by atomic mass is 9.67. The minimum Gasteiger partial charge on any atom is -0.508 e. The number of fused-ring (bicyclic) bond motifs is 5. The highest BCUT2D eigenvalue weighted by Gasteiger charge is 2.47. The highest BCUT2D eigenvalue weighted by atomic mass is 16.3. The first kappa shape index (κ1) is 27.1. The van der Waals surface area contributed by atoms with Gasteiger partial charge in [-0.1, -0.05) is 137 Å². The molecule has 0 aromatic heterocycles. The number of phenolic OH excluding ortho intramolecular Hbond substituents is 2. The summed E-state index contributed by atoms with van der Waals surface area (Å²) in [6.07, 6.45) is 11.7. The van der Waals surface area contributed by atoms with E-state index in [1.165, 1.54) is 56.9 Å². The van der Waals surface area contributed by atoms with Crippen LogP contribution < -0.4 is 0 Å². The molecule has 0 fully saturated rings. The quantitative estimate of drug-likeness (QED) is 0.160. The van der Waals surface area contributed by atoms with Crippen LogP contribution in [0.1, 0.15) is 86.1 Å². The molecule has 5 aromatic carbocycles. The van der Waals surface area contributed by atoms with Gasteiger partial charge in [-0.25, -0.2) is 0 Å². The van der Waals surface area contributed by atoms with Crippen molar-refractivity contribution in [1.29, 1.82) is 0 Å². The Bertz CT molecular complexity index is 1630. The third kappa shape index (κ3) is 4.90. The van der Waals surface area contributed by atoms with Gasteiger partial charge in [0.1, 0.15) is 11.5 Å². The number of aromatic hydroxyl groups is 2. The molecule has 0 amide bonds. The summed E-state index contributed by atoms with van der Waals surface area (Å²) in [5, 5.41) is 23.9. The Morgan fingerprint density at radius 2 is 1.20 bits per heavy atom. The van der Waals surface area contributed by atoms with Gasteiger partial charge >= 0.3 is 0 Å². The fraction of sp³-hybridized carbons (Fsp3) is 0.282. The van der Waals surface area contributed by atoms with E-state index in [9.17, 15) is 10.2 Å². The molecule has 1 unspecified atom stereocenters. The number of benzene rings is 5. The Morgan fingerprint density at radius 1 is 0.561 bits per heavy atom. The number of phenols is 2. The summed E-state index contributed by atoms with van der Waals surface area (Å²) in [4.78, 5) is 0. The van der Waals surface area contributed by atoms with Crippen LogP contribution in [-0.4, -0.2) is 10.2 Å². The molecule has 208 valence electrons. The van der Waals surface area contributed by atoms with Crippen molar-refractivity contribution < 1.29 is 10.2 Å². The van der Waals surface area contributed by atoms with Crippen molar-refractivity contribution in [3.63, 3.8) is 0 Å². The molecule has 0 spiro atoms. The molecular formula is C39H40O2. The van der Waals surface area contributed by atoms with Crippen LogP contribution in [0, 0.1) is 0 Å². The second-order valence-corrected chi connectivity index (χ2v) is 11.6.